The quantitative estimate of drug-likeness (QED) is 0.118. The number of rotatable bonds is 15. The van der Waals surface area contributed by atoms with Crippen LogP contribution in [0.15, 0.2) is 12.7 Å². The maximum atomic E-state index is 13.4. The molecule has 12 nitrogen and oxygen atoms in total. The normalized spacial score (nSPS) is 16.6. The van der Waals surface area contributed by atoms with Crippen molar-refractivity contribution in [1.82, 2.24) is 16.0 Å². The maximum Gasteiger partial charge on any atom is 0.408 e. The molecule has 1 rings (SSSR count). The summed E-state index contributed by atoms with van der Waals surface area (Å²) in [6.45, 7) is 8.65. The molecule has 0 aromatic rings. The van der Waals surface area contributed by atoms with Crippen molar-refractivity contribution in [1.29, 1.82) is 0 Å². The van der Waals surface area contributed by atoms with Gasteiger partial charge in [-0.25, -0.2) is 9.59 Å². The van der Waals surface area contributed by atoms with Crippen molar-refractivity contribution in [2.24, 2.45) is 5.41 Å². The monoisotopic (exact) mass is 561 g/mol. The van der Waals surface area contributed by atoms with Crippen molar-refractivity contribution in [2.45, 2.75) is 89.6 Å². The van der Waals surface area contributed by atoms with Crippen LogP contribution in [-0.2, 0) is 37.5 Å². The summed E-state index contributed by atoms with van der Waals surface area (Å²) in [7, 11) is -0.597. The van der Waals surface area contributed by atoms with Crippen LogP contribution < -0.4 is 16.0 Å². The van der Waals surface area contributed by atoms with E-state index < -0.39 is 48.4 Å². The van der Waals surface area contributed by atoms with Crippen LogP contribution in [-0.4, -0.2) is 69.2 Å². The Morgan fingerprint density at radius 2 is 1.66 bits per heavy atom. The van der Waals surface area contributed by atoms with Gasteiger partial charge in [0.25, 0.3) is 5.91 Å². The van der Waals surface area contributed by atoms with E-state index in [9.17, 15) is 23.7 Å². The molecule has 0 spiro atoms. The number of hydrogen-bond donors (Lipinski definition) is 3. The average Bonchev–Trinajstić information content (AvgIpc) is 3.34. The van der Waals surface area contributed by atoms with Gasteiger partial charge in [-0.3, -0.25) is 19.5 Å². The predicted molar refractivity (Wildman–Crippen MR) is 141 cm³/mol. The second-order valence-corrected chi connectivity index (χ2v) is 12.6. The zero-order valence-electron chi connectivity index (χ0n) is 23.4. The Kier molecular flexibility index (Phi) is 13.5. The van der Waals surface area contributed by atoms with Crippen LogP contribution >= 0.6 is 7.60 Å². The number of hydrogen-bond acceptors (Lipinski definition) is 9. The van der Waals surface area contributed by atoms with Crippen molar-refractivity contribution in [3.63, 3.8) is 0 Å². The Bertz CT molecular complexity index is 874. The molecule has 0 heterocycles. The lowest BCUT2D eigenvalue weighted by Gasteiger charge is -2.30. The summed E-state index contributed by atoms with van der Waals surface area (Å²) in [6.07, 6.45) is 5.65. The molecule has 0 aromatic heterocycles. The minimum Gasteiger partial charge on any atom is -0.467 e. The SMILES string of the molecule is C=CCCC[C@H](NC(=O)C1(CCNC(=O)[C@@H](NC(=O)OC(C)(C)C)P(=O)(OC)OC)CCCC1)C(=O)OC. The lowest BCUT2D eigenvalue weighted by atomic mass is 9.81. The van der Waals surface area contributed by atoms with E-state index in [2.05, 4.69) is 22.5 Å². The Balaban J connectivity index is 2.95. The predicted octanol–water partition coefficient (Wildman–Crippen LogP) is 3.40. The molecule has 1 aliphatic rings. The van der Waals surface area contributed by atoms with Gasteiger partial charge in [-0.05, 0) is 59.3 Å². The average molecular weight is 562 g/mol. The number of allylic oxidation sites excluding steroid dienone is 1. The highest BCUT2D eigenvalue weighted by Gasteiger charge is 2.44. The van der Waals surface area contributed by atoms with Gasteiger partial charge >= 0.3 is 19.7 Å². The topological polar surface area (TPSA) is 158 Å². The molecule has 0 saturated heterocycles. The fourth-order valence-electron chi connectivity index (χ4n) is 4.33. The van der Waals surface area contributed by atoms with Gasteiger partial charge in [-0.2, -0.15) is 0 Å². The van der Waals surface area contributed by atoms with Crippen LogP contribution in [0.2, 0.25) is 0 Å². The Hall–Kier alpha value is -2.43. The van der Waals surface area contributed by atoms with Crippen LogP contribution in [0.25, 0.3) is 0 Å². The van der Waals surface area contributed by atoms with E-state index in [4.69, 9.17) is 18.5 Å². The molecule has 0 radical (unpaired) electrons. The first-order chi connectivity index (χ1) is 17.8. The van der Waals surface area contributed by atoms with E-state index >= 15 is 0 Å². The zero-order chi connectivity index (χ0) is 29.0. The molecule has 3 amide bonds. The molecular formula is C25H44N3O9P. The molecule has 0 aliphatic heterocycles. The molecule has 0 aromatic carbocycles. The molecule has 2 atom stereocenters. The highest BCUT2D eigenvalue weighted by atomic mass is 31.2. The largest absolute Gasteiger partial charge is 0.467 e. The molecule has 0 bridgehead atoms. The van der Waals surface area contributed by atoms with Crippen molar-refractivity contribution in [3.8, 4) is 0 Å². The number of nitrogens with one attached hydrogen (secondary N) is 3. The number of amides is 3. The van der Waals surface area contributed by atoms with E-state index in [1.807, 2.05) is 0 Å². The minimum absolute atomic E-state index is 0.0472. The molecule has 0 unspecified atom stereocenters. The lowest BCUT2D eigenvalue weighted by molar-refractivity contribution is -0.147. The molecule has 218 valence electrons. The first-order valence-electron chi connectivity index (χ1n) is 12.8. The summed E-state index contributed by atoms with van der Waals surface area (Å²) in [5.41, 5.74) is -1.65. The number of carbonyl (C=O) groups is 4. The summed E-state index contributed by atoms with van der Waals surface area (Å²) in [5, 5.41) is 7.75. The first-order valence-corrected chi connectivity index (χ1v) is 14.4. The van der Waals surface area contributed by atoms with Crippen LogP contribution in [0, 0.1) is 5.41 Å². The highest BCUT2D eigenvalue weighted by Crippen LogP contribution is 2.50. The van der Waals surface area contributed by atoms with Gasteiger partial charge in [0.1, 0.15) is 11.6 Å². The van der Waals surface area contributed by atoms with E-state index in [-0.39, 0.29) is 18.9 Å². The van der Waals surface area contributed by atoms with Gasteiger partial charge in [0, 0.05) is 20.8 Å². The van der Waals surface area contributed by atoms with Gasteiger partial charge in [0.15, 0.2) is 0 Å². The number of esters is 1. The number of ether oxygens (including phenoxy) is 2. The van der Waals surface area contributed by atoms with Gasteiger partial charge in [0.05, 0.1) is 12.5 Å². The smallest absolute Gasteiger partial charge is 0.408 e. The van der Waals surface area contributed by atoms with Crippen molar-refractivity contribution < 1.29 is 42.3 Å². The Morgan fingerprint density at radius 1 is 1.05 bits per heavy atom. The standard InChI is InChI=1S/C25H44N3O9P/c1-8-9-10-13-18(21(30)34-5)27-22(31)25(14-11-12-15-25)16-17-26-19(29)20(38(33,35-6)36-7)28-23(32)37-24(2,3)4/h8,18,20H,1,9-17H2,2-7H3,(H,26,29)(H,27,31)(H,28,32)/t18-,20-/m0/s1. The number of alkyl carbamates (subject to hydrolysis) is 1. The zero-order valence-corrected chi connectivity index (χ0v) is 24.3. The van der Waals surface area contributed by atoms with E-state index in [1.54, 1.807) is 26.8 Å². The lowest BCUT2D eigenvalue weighted by Crippen LogP contribution is -2.51. The summed E-state index contributed by atoms with van der Waals surface area (Å²) in [6, 6.07) is -0.781. The number of methoxy groups -OCH3 is 1. The highest BCUT2D eigenvalue weighted by molar-refractivity contribution is 7.55. The number of unbranched alkanes of at least 4 members (excludes halogenated alkanes) is 1. The Morgan fingerprint density at radius 3 is 2.16 bits per heavy atom. The van der Waals surface area contributed by atoms with Gasteiger partial charge in [-0.15, -0.1) is 6.58 Å². The summed E-state index contributed by atoms with van der Waals surface area (Å²) < 4.78 is 32.9. The maximum absolute atomic E-state index is 13.4. The molecule has 13 heteroatoms. The molecule has 1 fully saturated rings. The third-order valence-electron chi connectivity index (χ3n) is 6.36. The molecular weight excluding hydrogens is 517 g/mol. The van der Waals surface area contributed by atoms with E-state index in [1.165, 1.54) is 7.11 Å². The Labute approximate surface area is 225 Å². The van der Waals surface area contributed by atoms with Crippen LogP contribution in [0.5, 0.6) is 0 Å². The van der Waals surface area contributed by atoms with Crippen molar-refractivity contribution >= 4 is 31.5 Å². The van der Waals surface area contributed by atoms with E-state index in [0.29, 0.717) is 32.1 Å². The van der Waals surface area contributed by atoms with Gasteiger partial charge in [-0.1, -0.05) is 18.9 Å². The van der Waals surface area contributed by atoms with Crippen molar-refractivity contribution in [2.75, 3.05) is 27.9 Å². The second-order valence-electron chi connectivity index (χ2n) is 10.3. The second kappa shape index (κ2) is 15.2. The summed E-state index contributed by atoms with van der Waals surface area (Å²) >= 11 is 0. The van der Waals surface area contributed by atoms with Crippen LogP contribution in [0.4, 0.5) is 4.79 Å². The summed E-state index contributed by atoms with van der Waals surface area (Å²) in [5.74, 6) is -3.28. The summed E-state index contributed by atoms with van der Waals surface area (Å²) in [4.78, 5) is 50.9. The molecule has 3 N–H and O–H groups in total. The minimum atomic E-state index is -4.08. The fourth-order valence-corrected chi connectivity index (χ4v) is 5.54. The van der Waals surface area contributed by atoms with E-state index in [0.717, 1.165) is 27.1 Å². The van der Waals surface area contributed by atoms with Gasteiger partial charge < -0.3 is 29.2 Å². The fraction of sp³-hybridized carbons (Fsp3) is 0.760. The molecule has 38 heavy (non-hydrogen) atoms. The van der Waals surface area contributed by atoms with Crippen molar-refractivity contribution in [3.05, 3.63) is 12.7 Å². The van der Waals surface area contributed by atoms with Crippen LogP contribution in [0.3, 0.4) is 0 Å². The third kappa shape index (κ3) is 10.0. The number of carbonyl (C=O) groups excluding carboxylic acids is 4. The first kappa shape index (κ1) is 33.6. The molecule has 1 aliphatic carbocycles. The third-order valence-corrected chi connectivity index (χ3v) is 8.38. The molecule has 1 saturated carbocycles. The van der Waals surface area contributed by atoms with Gasteiger partial charge in [0.2, 0.25) is 11.7 Å². The van der Waals surface area contributed by atoms with Crippen LogP contribution in [0.1, 0.15) is 72.1 Å².